The summed E-state index contributed by atoms with van der Waals surface area (Å²) in [4.78, 5) is 4.27. The fourth-order valence-electron chi connectivity index (χ4n) is 2.72. The normalized spacial score (nSPS) is 14.4. The quantitative estimate of drug-likeness (QED) is 0.917. The standard InChI is InChI=1S/C17H20N2O2/c1-3-19-17(14-9-15(20-2)11-18-10-14)13-4-5-16-12(8-13)6-7-21-16/h4-5,8-11,17,19H,3,6-7H2,1-2H3. The minimum Gasteiger partial charge on any atom is -0.495 e. The van der Waals surface area contributed by atoms with Crippen molar-refractivity contribution in [3.8, 4) is 11.5 Å². The van der Waals surface area contributed by atoms with Gasteiger partial charge in [0, 0.05) is 12.6 Å². The molecule has 2 aromatic rings. The van der Waals surface area contributed by atoms with Gasteiger partial charge in [-0.25, -0.2) is 0 Å². The van der Waals surface area contributed by atoms with Gasteiger partial charge in [-0.1, -0.05) is 19.1 Å². The Kier molecular flexibility index (Phi) is 4.06. The highest BCUT2D eigenvalue weighted by Crippen LogP contribution is 2.31. The molecule has 0 saturated heterocycles. The Morgan fingerprint density at radius 2 is 2.19 bits per heavy atom. The van der Waals surface area contributed by atoms with E-state index < -0.39 is 0 Å². The van der Waals surface area contributed by atoms with Crippen LogP contribution in [-0.2, 0) is 6.42 Å². The zero-order valence-corrected chi connectivity index (χ0v) is 12.4. The molecule has 1 aliphatic rings. The molecule has 4 heteroatoms. The van der Waals surface area contributed by atoms with Gasteiger partial charge in [0.1, 0.15) is 11.5 Å². The number of rotatable bonds is 5. The highest BCUT2D eigenvalue weighted by Gasteiger charge is 2.18. The maximum absolute atomic E-state index is 5.58. The van der Waals surface area contributed by atoms with Gasteiger partial charge in [0.2, 0.25) is 0 Å². The minimum atomic E-state index is 0.114. The van der Waals surface area contributed by atoms with Gasteiger partial charge >= 0.3 is 0 Å². The number of aromatic nitrogens is 1. The molecule has 3 rings (SSSR count). The summed E-state index contributed by atoms with van der Waals surface area (Å²) in [5.74, 6) is 1.79. The predicted molar refractivity (Wildman–Crippen MR) is 81.9 cm³/mol. The van der Waals surface area contributed by atoms with Crippen LogP contribution in [-0.4, -0.2) is 25.2 Å². The maximum Gasteiger partial charge on any atom is 0.137 e. The first-order chi connectivity index (χ1) is 10.3. The predicted octanol–water partition coefficient (Wildman–Crippen LogP) is 2.72. The molecule has 1 aromatic heterocycles. The SMILES string of the molecule is CCNC(c1cncc(OC)c1)c1ccc2c(c1)CCO2. The van der Waals surface area contributed by atoms with Crippen LogP contribution >= 0.6 is 0 Å². The maximum atomic E-state index is 5.58. The second-order valence-electron chi connectivity index (χ2n) is 5.11. The van der Waals surface area contributed by atoms with Gasteiger partial charge < -0.3 is 14.8 Å². The Balaban J connectivity index is 1.97. The molecule has 21 heavy (non-hydrogen) atoms. The summed E-state index contributed by atoms with van der Waals surface area (Å²) in [6, 6.07) is 8.56. The van der Waals surface area contributed by atoms with E-state index in [1.807, 2.05) is 12.3 Å². The molecule has 1 aliphatic heterocycles. The van der Waals surface area contributed by atoms with Crippen molar-refractivity contribution in [2.45, 2.75) is 19.4 Å². The lowest BCUT2D eigenvalue weighted by Crippen LogP contribution is -2.22. The van der Waals surface area contributed by atoms with Crippen molar-refractivity contribution < 1.29 is 9.47 Å². The molecule has 1 unspecified atom stereocenters. The molecular weight excluding hydrogens is 264 g/mol. The molecule has 1 aromatic carbocycles. The lowest BCUT2D eigenvalue weighted by molar-refractivity contribution is 0.357. The second kappa shape index (κ2) is 6.14. The van der Waals surface area contributed by atoms with Gasteiger partial charge in [-0.3, -0.25) is 4.98 Å². The Hall–Kier alpha value is -2.07. The number of nitrogens with zero attached hydrogens (tertiary/aromatic N) is 1. The van der Waals surface area contributed by atoms with E-state index in [0.717, 1.165) is 36.6 Å². The largest absolute Gasteiger partial charge is 0.495 e. The highest BCUT2D eigenvalue weighted by molar-refractivity contribution is 5.43. The molecule has 0 spiro atoms. The van der Waals surface area contributed by atoms with Crippen LogP contribution in [0.1, 0.15) is 29.7 Å². The Labute approximate surface area is 125 Å². The smallest absolute Gasteiger partial charge is 0.137 e. The van der Waals surface area contributed by atoms with Crippen molar-refractivity contribution in [3.05, 3.63) is 53.3 Å². The van der Waals surface area contributed by atoms with Crippen molar-refractivity contribution in [2.75, 3.05) is 20.3 Å². The van der Waals surface area contributed by atoms with E-state index in [1.165, 1.54) is 11.1 Å². The van der Waals surface area contributed by atoms with Gasteiger partial charge in [-0.15, -0.1) is 0 Å². The summed E-state index contributed by atoms with van der Waals surface area (Å²) in [6.07, 6.45) is 4.60. The molecule has 0 bridgehead atoms. The van der Waals surface area contributed by atoms with Crippen molar-refractivity contribution in [1.29, 1.82) is 0 Å². The summed E-state index contributed by atoms with van der Waals surface area (Å²) < 4.78 is 10.9. The number of benzene rings is 1. The van der Waals surface area contributed by atoms with E-state index in [-0.39, 0.29) is 6.04 Å². The molecule has 110 valence electrons. The molecular formula is C17H20N2O2. The Morgan fingerprint density at radius 3 is 3.00 bits per heavy atom. The summed E-state index contributed by atoms with van der Waals surface area (Å²) in [6.45, 7) is 3.78. The highest BCUT2D eigenvalue weighted by atomic mass is 16.5. The number of pyridine rings is 1. The topological polar surface area (TPSA) is 43.4 Å². The van der Waals surface area contributed by atoms with Crippen molar-refractivity contribution >= 4 is 0 Å². The fraction of sp³-hybridized carbons (Fsp3) is 0.353. The number of nitrogens with one attached hydrogen (secondary N) is 1. The number of ether oxygens (including phenoxy) is 2. The van der Waals surface area contributed by atoms with Gasteiger partial charge in [0.25, 0.3) is 0 Å². The minimum absolute atomic E-state index is 0.114. The van der Waals surface area contributed by atoms with E-state index in [1.54, 1.807) is 13.3 Å². The number of hydrogen-bond donors (Lipinski definition) is 1. The zero-order chi connectivity index (χ0) is 14.7. The van der Waals surface area contributed by atoms with Crippen LogP contribution in [0.25, 0.3) is 0 Å². The molecule has 0 fully saturated rings. The summed E-state index contributed by atoms with van der Waals surface area (Å²) in [7, 11) is 1.66. The first-order valence-corrected chi connectivity index (χ1v) is 7.29. The molecule has 1 atom stereocenters. The van der Waals surface area contributed by atoms with Crippen LogP contribution in [0.5, 0.6) is 11.5 Å². The second-order valence-corrected chi connectivity index (χ2v) is 5.11. The number of methoxy groups -OCH3 is 1. The van der Waals surface area contributed by atoms with Crippen molar-refractivity contribution in [1.82, 2.24) is 10.3 Å². The van der Waals surface area contributed by atoms with Crippen molar-refractivity contribution in [2.24, 2.45) is 0 Å². The number of fused-ring (bicyclic) bond motifs is 1. The lowest BCUT2D eigenvalue weighted by atomic mass is 9.97. The van der Waals surface area contributed by atoms with Crippen LogP contribution in [0.2, 0.25) is 0 Å². The van der Waals surface area contributed by atoms with Gasteiger partial charge in [-0.05, 0) is 35.4 Å². The zero-order valence-electron chi connectivity index (χ0n) is 12.4. The molecule has 1 N–H and O–H groups in total. The van der Waals surface area contributed by atoms with Crippen LogP contribution in [0.3, 0.4) is 0 Å². The van der Waals surface area contributed by atoms with E-state index in [9.17, 15) is 0 Å². The van der Waals surface area contributed by atoms with Crippen LogP contribution in [0, 0.1) is 0 Å². The average Bonchev–Trinajstić information content (AvgIpc) is 3.00. The molecule has 2 heterocycles. The first kappa shape index (κ1) is 13.9. The van der Waals surface area contributed by atoms with E-state index in [2.05, 4.69) is 35.4 Å². The van der Waals surface area contributed by atoms with Crippen LogP contribution in [0.4, 0.5) is 0 Å². The van der Waals surface area contributed by atoms with Crippen molar-refractivity contribution in [3.63, 3.8) is 0 Å². The van der Waals surface area contributed by atoms with Gasteiger partial charge in [-0.2, -0.15) is 0 Å². The fourth-order valence-corrected chi connectivity index (χ4v) is 2.72. The van der Waals surface area contributed by atoms with Gasteiger partial charge in [0.15, 0.2) is 0 Å². The summed E-state index contributed by atoms with van der Waals surface area (Å²) in [5, 5.41) is 3.52. The third-order valence-corrected chi connectivity index (χ3v) is 3.76. The average molecular weight is 284 g/mol. The third-order valence-electron chi connectivity index (χ3n) is 3.76. The lowest BCUT2D eigenvalue weighted by Gasteiger charge is -2.19. The molecule has 0 saturated carbocycles. The summed E-state index contributed by atoms with van der Waals surface area (Å²) in [5.41, 5.74) is 3.62. The number of hydrogen-bond acceptors (Lipinski definition) is 4. The molecule has 0 aliphatic carbocycles. The Bertz CT molecular complexity index is 628. The van der Waals surface area contributed by atoms with E-state index >= 15 is 0 Å². The van der Waals surface area contributed by atoms with E-state index in [0.29, 0.717) is 0 Å². The third kappa shape index (κ3) is 2.85. The monoisotopic (exact) mass is 284 g/mol. The molecule has 4 nitrogen and oxygen atoms in total. The first-order valence-electron chi connectivity index (χ1n) is 7.29. The summed E-state index contributed by atoms with van der Waals surface area (Å²) >= 11 is 0. The van der Waals surface area contributed by atoms with Crippen LogP contribution < -0.4 is 14.8 Å². The van der Waals surface area contributed by atoms with E-state index in [4.69, 9.17) is 9.47 Å². The molecule has 0 radical (unpaired) electrons. The van der Waals surface area contributed by atoms with Crippen LogP contribution in [0.15, 0.2) is 36.7 Å². The van der Waals surface area contributed by atoms with Gasteiger partial charge in [0.05, 0.1) is 26.0 Å². The molecule has 0 amide bonds. The Morgan fingerprint density at radius 1 is 1.29 bits per heavy atom.